The zero-order chi connectivity index (χ0) is 13.0. The topological polar surface area (TPSA) is 34.1 Å². The maximum Gasteiger partial charge on any atom is 0.143 e. The molecule has 0 spiro atoms. The molecule has 6 unspecified atom stereocenters. The van der Waals surface area contributed by atoms with E-state index in [0.717, 1.165) is 25.7 Å². The molecule has 6 atom stereocenters. The third-order valence-electron chi connectivity index (χ3n) is 5.73. The summed E-state index contributed by atoms with van der Waals surface area (Å²) in [6.45, 7) is 0. The third kappa shape index (κ3) is 1.84. The van der Waals surface area contributed by atoms with Gasteiger partial charge in [-0.3, -0.25) is 9.59 Å². The Morgan fingerprint density at radius 2 is 1.21 bits per heavy atom. The number of rotatable bonds is 4. The van der Waals surface area contributed by atoms with Crippen molar-refractivity contribution in [2.24, 2.45) is 35.5 Å². The van der Waals surface area contributed by atoms with Crippen molar-refractivity contribution in [3.8, 4) is 0 Å². The Balaban J connectivity index is 1.39. The van der Waals surface area contributed by atoms with Crippen LogP contribution in [0.3, 0.4) is 0 Å². The smallest absolute Gasteiger partial charge is 0.143 e. The molecular formula is C17H20O2. The molecule has 0 N–H and O–H groups in total. The fourth-order valence-corrected chi connectivity index (χ4v) is 4.74. The second kappa shape index (κ2) is 4.16. The molecule has 0 amide bonds. The molecule has 100 valence electrons. The summed E-state index contributed by atoms with van der Waals surface area (Å²) in [5.74, 6) is 2.82. The van der Waals surface area contributed by atoms with Crippen LogP contribution in [-0.4, -0.2) is 11.6 Å². The van der Waals surface area contributed by atoms with Gasteiger partial charge in [0, 0.05) is 11.8 Å². The molecule has 0 aromatic heterocycles. The van der Waals surface area contributed by atoms with Crippen LogP contribution >= 0.6 is 0 Å². The Bertz CT molecular complexity index is 443. The number of Topliss-reactive ketones (excluding diaryl/α,β-unsaturated/α-hetero) is 2. The van der Waals surface area contributed by atoms with Crippen LogP contribution in [0, 0.1) is 35.5 Å². The van der Waals surface area contributed by atoms with Crippen LogP contribution in [0.4, 0.5) is 0 Å². The van der Waals surface area contributed by atoms with Crippen molar-refractivity contribution in [3.05, 3.63) is 24.3 Å². The van der Waals surface area contributed by atoms with Crippen molar-refractivity contribution >= 4 is 11.6 Å². The van der Waals surface area contributed by atoms with Gasteiger partial charge in [0.25, 0.3) is 0 Å². The van der Waals surface area contributed by atoms with E-state index in [1.165, 1.54) is 0 Å². The third-order valence-corrected chi connectivity index (χ3v) is 5.73. The van der Waals surface area contributed by atoms with Crippen molar-refractivity contribution < 1.29 is 9.59 Å². The van der Waals surface area contributed by atoms with E-state index in [-0.39, 0.29) is 29.8 Å². The highest BCUT2D eigenvalue weighted by molar-refractivity contribution is 6.01. The van der Waals surface area contributed by atoms with Gasteiger partial charge < -0.3 is 0 Å². The Morgan fingerprint density at radius 1 is 0.737 bits per heavy atom. The number of hydrogen-bond acceptors (Lipinski definition) is 2. The first-order chi connectivity index (χ1) is 9.20. The van der Waals surface area contributed by atoms with Crippen LogP contribution in [0.5, 0.6) is 0 Å². The predicted octanol–water partition coefficient (Wildman–Crippen LogP) is 2.94. The fourth-order valence-electron chi connectivity index (χ4n) is 4.74. The molecule has 4 aliphatic rings. The van der Waals surface area contributed by atoms with Crippen LogP contribution < -0.4 is 0 Å². The molecular weight excluding hydrogens is 236 g/mol. The van der Waals surface area contributed by atoms with Gasteiger partial charge in [-0.25, -0.2) is 0 Å². The predicted molar refractivity (Wildman–Crippen MR) is 72.3 cm³/mol. The molecule has 4 rings (SSSR count). The van der Waals surface area contributed by atoms with Gasteiger partial charge in [-0.15, -0.1) is 0 Å². The summed E-state index contributed by atoms with van der Waals surface area (Å²) in [6.07, 6.45) is 13.3. The van der Waals surface area contributed by atoms with Gasteiger partial charge in [0.05, 0.1) is 6.42 Å². The van der Waals surface area contributed by atoms with Gasteiger partial charge >= 0.3 is 0 Å². The summed E-state index contributed by atoms with van der Waals surface area (Å²) in [4.78, 5) is 24.7. The van der Waals surface area contributed by atoms with E-state index >= 15 is 0 Å². The minimum atomic E-state index is 0.146. The fraction of sp³-hybridized carbons (Fsp3) is 0.647. The number of carbonyl (C=O) groups is 2. The minimum Gasteiger partial charge on any atom is -0.299 e. The molecule has 0 aromatic rings. The SMILES string of the molecule is O=C(CC(=O)C1CC2C=CC1C2)C1CC2C=CC1C2. The van der Waals surface area contributed by atoms with Crippen molar-refractivity contribution in [1.82, 2.24) is 0 Å². The highest BCUT2D eigenvalue weighted by atomic mass is 16.1. The summed E-state index contributed by atoms with van der Waals surface area (Å²) in [5.41, 5.74) is 0. The van der Waals surface area contributed by atoms with Gasteiger partial charge in [-0.1, -0.05) is 24.3 Å². The second-order valence-electron chi connectivity index (χ2n) is 6.88. The average molecular weight is 256 g/mol. The second-order valence-corrected chi connectivity index (χ2v) is 6.88. The average Bonchev–Trinajstić information content (AvgIpc) is 3.17. The Kier molecular flexibility index (Phi) is 2.54. The van der Waals surface area contributed by atoms with E-state index in [1.54, 1.807) is 0 Å². The zero-order valence-electron chi connectivity index (χ0n) is 11.1. The standard InChI is InChI=1S/C17H20O2/c18-16(14-7-10-1-3-12(14)5-10)9-17(19)15-8-11-2-4-13(15)6-11/h1-4,10-15H,5-9H2. The number of carbonyl (C=O) groups excluding carboxylic acids is 2. The van der Waals surface area contributed by atoms with E-state index in [2.05, 4.69) is 24.3 Å². The first-order valence-corrected chi connectivity index (χ1v) is 7.63. The molecule has 2 saturated carbocycles. The summed E-state index contributed by atoms with van der Waals surface area (Å²) < 4.78 is 0. The normalized spacial score (nSPS) is 45.3. The van der Waals surface area contributed by atoms with E-state index in [9.17, 15) is 9.59 Å². The number of ketones is 2. The lowest BCUT2D eigenvalue weighted by Gasteiger charge is -2.20. The summed E-state index contributed by atoms with van der Waals surface area (Å²) in [7, 11) is 0. The summed E-state index contributed by atoms with van der Waals surface area (Å²) in [5, 5.41) is 0. The molecule has 2 fully saturated rings. The quantitative estimate of drug-likeness (QED) is 0.572. The highest BCUT2D eigenvalue weighted by Crippen LogP contribution is 2.46. The van der Waals surface area contributed by atoms with Crippen molar-refractivity contribution in [3.63, 3.8) is 0 Å². The van der Waals surface area contributed by atoms with Crippen LogP contribution in [0.2, 0.25) is 0 Å². The van der Waals surface area contributed by atoms with Gasteiger partial charge in [0.1, 0.15) is 11.6 Å². The van der Waals surface area contributed by atoms with Crippen molar-refractivity contribution in [2.75, 3.05) is 0 Å². The molecule has 4 bridgehead atoms. The lowest BCUT2D eigenvalue weighted by molar-refractivity contribution is -0.132. The van der Waals surface area contributed by atoms with Crippen LogP contribution in [0.1, 0.15) is 32.1 Å². The van der Waals surface area contributed by atoms with Crippen LogP contribution in [0.15, 0.2) is 24.3 Å². The van der Waals surface area contributed by atoms with Crippen molar-refractivity contribution in [1.29, 1.82) is 0 Å². The van der Waals surface area contributed by atoms with Crippen molar-refractivity contribution in [2.45, 2.75) is 32.1 Å². The Morgan fingerprint density at radius 3 is 1.53 bits per heavy atom. The molecule has 2 heteroatoms. The monoisotopic (exact) mass is 256 g/mol. The van der Waals surface area contributed by atoms with E-state index in [4.69, 9.17) is 0 Å². The minimum absolute atomic E-state index is 0.146. The van der Waals surface area contributed by atoms with E-state index in [1.807, 2.05) is 0 Å². The lowest BCUT2D eigenvalue weighted by Crippen LogP contribution is -2.26. The molecule has 19 heavy (non-hydrogen) atoms. The summed E-state index contributed by atoms with van der Waals surface area (Å²) in [6, 6.07) is 0. The first kappa shape index (κ1) is 11.6. The molecule has 2 nitrogen and oxygen atoms in total. The molecule has 0 radical (unpaired) electrons. The molecule has 0 saturated heterocycles. The highest BCUT2D eigenvalue weighted by Gasteiger charge is 2.43. The molecule has 0 aliphatic heterocycles. The molecule has 0 heterocycles. The maximum atomic E-state index is 12.3. The van der Waals surface area contributed by atoms with Gasteiger partial charge in [-0.05, 0) is 49.4 Å². The summed E-state index contributed by atoms with van der Waals surface area (Å²) >= 11 is 0. The number of fused-ring (bicyclic) bond motifs is 4. The van der Waals surface area contributed by atoms with Gasteiger partial charge in [0.15, 0.2) is 0 Å². The molecule has 0 aromatic carbocycles. The Labute approximate surface area is 113 Å². The number of allylic oxidation sites excluding steroid dienone is 4. The van der Waals surface area contributed by atoms with Crippen LogP contribution in [-0.2, 0) is 9.59 Å². The van der Waals surface area contributed by atoms with Gasteiger partial charge in [-0.2, -0.15) is 0 Å². The Hall–Kier alpha value is -1.18. The zero-order valence-corrected chi connectivity index (χ0v) is 11.1. The maximum absolute atomic E-state index is 12.3. The lowest BCUT2D eigenvalue weighted by atomic mass is 9.83. The molecule has 4 aliphatic carbocycles. The van der Waals surface area contributed by atoms with E-state index < -0.39 is 0 Å². The van der Waals surface area contributed by atoms with Crippen LogP contribution in [0.25, 0.3) is 0 Å². The first-order valence-electron chi connectivity index (χ1n) is 7.63. The number of hydrogen-bond donors (Lipinski definition) is 0. The largest absolute Gasteiger partial charge is 0.299 e. The van der Waals surface area contributed by atoms with E-state index in [0.29, 0.717) is 23.7 Å². The van der Waals surface area contributed by atoms with Gasteiger partial charge in [0.2, 0.25) is 0 Å².